The van der Waals surface area contributed by atoms with Crippen molar-refractivity contribution in [1.29, 1.82) is 0 Å². The molecule has 0 atom stereocenters. The molecule has 2 N–H and O–H groups in total. The van der Waals surface area contributed by atoms with E-state index in [1.54, 1.807) is 0 Å². The molecule has 2 rings (SSSR count). The number of benzene rings is 1. The summed E-state index contributed by atoms with van der Waals surface area (Å²) in [5.74, 6) is 0.201. The lowest BCUT2D eigenvalue weighted by Crippen LogP contribution is -2.40. The fourth-order valence-electron chi connectivity index (χ4n) is 2.42. The van der Waals surface area contributed by atoms with E-state index in [-0.39, 0.29) is 11.8 Å². The average molecular weight is 317 g/mol. The molecular formula is C18H27N3O2. The zero-order valence-corrected chi connectivity index (χ0v) is 14.5. The molecule has 1 fully saturated rings. The number of carbonyl (C=O) groups is 2. The van der Waals surface area contributed by atoms with Crippen LogP contribution >= 0.6 is 0 Å². The first kappa shape index (κ1) is 17.3. The van der Waals surface area contributed by atoms with Crippen molar-refractivity contribution < 1.29 is 9.59 Å². The van der Waals surface area contributed by atoms with Gasteiger partial charge in [0.05, 0.1) is 0 Å². The lowest BCUT2D eigenvalue weighted by atomic mass is 10.0. The molecule has 5 nitrogen and oxygen atoms in total. The maximum atomic E-state index is 12.5. The average Bonchev–Trinajstić information content (AvgIpc) is 3.29. The summed E-state index contributed by atoms with van der Waals surface area (Å²) in [6, 6.07) is 7.61. The van der Waals surface area contributed by atoms with Crippen LogP contribution in [0, 0.1) is 11.3 Å². The van der Waals surface area contributed by atoms with Crippen LogP contribution in [0.1, 0.15) is 33.1 Å². The van der Waals surface area contributed by atoms with Gasteiger partial charge in [-0.25, -0.2) is 0 Å². The standard InChI is InChI=1S/C18H27N3O2/c1-13(2)9-12-19-16(22)18(10-11-18)17(23)20-14-5-7-15(8-6-14)21(3)4/h5-8,13H,9-12H2,1-4H3,(H,19,22)(H,20,23). The van der Waals surface area contributed by atoms with E-state index in [0.717, 1.165) is 17.8 Å². The number of carbonyl (C=O) groups excluding carboxylic acids is 2. The molecule has 1 aromatic rings. The summed E-state index contributed by atoms with van der Waals surface area (Å²) >= 11 is 0. The third-order valence-corrected chi connectivity index (χ3v) is 4.27. The largest absolute Gasteiger partial charge is 0.378 e. The fraction of sp³-hybridized carbons (Fsp3) is 0.556. The lowest BCUT2D eigenvalue weighted by molar-refractivity contribution is -0.134. The second-order valence-corrected chi connectivity index (χ2v) is 6.92. The van der Waals surface area contributed by atoms with Gasteiger partial charge in [0.2, 0.25) is 11.8 Å². The van der Waals surface area contributed by atoms with Crippen LogP contribution in [0.15, 0.2) is 24.3 Å². The van der Waals surface area contributed by atoms with Crippen molar-refractivity contribution >= 4 is 23.2 Å². The van der Waals surface area contributed by atoms with Crippen LogP contribution in [-0.2, 0) is 9.59 Å². The highest BCUT2D eigenvalue weighted by Gasteiger charge is 2.56. The summed E-state index contributed by atoms with van der Waals surface area (Å²) in [6.07, 6.45) is 2.18. The van der Waals surface area contributed by atoms with Gasteiger partial charge in [0.15, 0.2) is 0 Å². The fourth-order valence-corrected chi connectivity index (χ4v) is 2.42. The Labute approximate surface area is 138 Å². The first-order chi connectivity index (χ1) is 10.8. The first-order valence-electron chi connectivity index (χ1n) is 8.22. The number of nitrogens with zero attached hydrogens (tertiary/aromatic N) is 1. The van der Waals surface area contributed by atoms with Crippen molar-refractivity contribution in [2.45, 2.75) is 33.1 Å². The smallest absolute Gasteiger partial charge is 0.240 e. The molecule has 0 bridgehead atoms. The van der Waals surface area contributed by atoms with E-state index in [4.69, 9.17) is 0 Å². The molecule has 0 spiro atoms. The number of nitrogens with one attached hydrogen (secondary N) is 2. The molecule has 2 amide bonds. The zero-order chi connectivity index (χ0) is 17.0. The molecule has 0 unspecified atom stereocenters. The van der Waals surface area contributed by atoms with Crippen LogP contribution in [0.4, 0.5) is 11.4 Å². The molecule has 1 aliphatic rings. The van der Waals surface area contributed by atoms with E-state index in [0.29, 0.717) is 25.3 Å². The molecule has 0 aromatic heterocycles. The summed E-state index contributed by atoms with van der Waals surface area (Å²) in [5, 5.41) is 5.77. The van der Waals surface area contributed by atoms with Crippen LogP contribution in [-0.4, -0.2) is 32.5 Å². The molecule has 1 aromatic carbocycles. The quantitative estimate of drug-likeness (QED) is 0.760. The Balaban J connectivity index is 1.92. The van der Waals surface area contributed by atoms with Gasteiger partial charge in [0.25, 0.3) is 0 Å². The van der Waals surface area contributed by atoms with Crippen molar-refractivity contribution in [3.63, 3.8) is 0 Å². The Morgan fingerprint density at radius 3 is 2.22 bits per heavy atom. The molecule has 0 heterocycles. The van der Waals surface area contributed by atoms with Gasteiger partial charge in [-0.05, 0) is 49.4 Å². The molecule has 5 heteroatoms. The van der Waals surface area contributed by atoms with E-state index in [9.17, 15) is 9.59 Å². The lowest BCUT2D eigenvalue weighted by Gasteiger charge is -2.17. The maximum Gasteiger partial charge on any atom is 0.240 e. The third kappa shape index (κ3) is 4.24. The van der Waals surface area contributed by atoms with Gasteiger partial charge in [-0.3, -0.25) is 9.59 Å². The van der Waals surface area contributed by atoms with Crippen LogP contribution < -0.4 is 15.5 Å². The van der Waals surface area contributed by atoms with Gasteiger partial charge in [0, 0.05) is 32.0 Å². The van der Waals surface area contributed by atoms with Crippen molar-refractivity contribution in [2.75, 3.05) is 30.9 Å². The molecule has 126 valence electrons. The SMILES string of the molecule is CC(C)CCNC(=O)C1(C(=O)Nc2ccc(N(C)C)cc2)CC1. The van der Waals surface area contributed by atoms with E-state index >= 15 is 0 Å². The van der Waals surface area contributed by atoms with E-state index in [2.05, 4.69) is 24.5 Å². The van der Waals surface area contributed by atoms with Crippen molar-refractivity contribution in [3.05, 3.63) is 24.3 Å². The Bertz CT molecular complexity index is 560. The minimum absolute atomic E-state index is 0.138. The van der Waals surface area contributed by atoms with Gasteiger partial charge in [-0.2, -0.15) is 0 Å². The third-order valence-electron chi connectivity index (χ3n) is 4.27. The maximum absolute atomic E-state index is 12.5. The minimum Gasteiger partial charge on any atom is -0.378 e. The highest BCUT2D eigenvalue weighted by molar-refractivity contribution is 6.13. The Morgan fingerprint density at radius 2 is 1.74 bits per heavy atom. The summed E-state index contributed by atoms with van der Waals surface area (Å²) in [6.45, 7) is 4.86. The first-order valence-corrected chi connectivity index (χ1v) is 8.22. The summed E-state index contributed by atoms with van der Waals surface area (Å²) in [4.78, 5) is 26.8. The second-order valence-electron chi connectivity index (χ2n) is 6.92. The number of anilines is 2. The van der Waals surface area contributed by atoms with Gasteiger partial charge >= 0.3 is 0 Å². The van der Waals surface area contributed by atoms with Crippen LogP contribution in [0.3, 0.4) is 0 Å². The van der Waals surface area contributed by atoms with Crippen LogP contribution in [0.25, 0.3) is 0 Å². The number of hydrogen-bond acceptors (Lipinski definition) is 3. The molecule has 0 aliphatic heterocycles. The Hall–Kier alpha value is -2.04. The normalized spacial score (nSPS) is 15.2. The summed E-state index contributed by atoms with van der Waals surface area (Å²) < 4.78 is 0. The molecule has 23 heavy (non-hydrogen) atoms. The van der Waals surface area contributed by atoms with Gasteiger partial charge in [-0.15, -0.1) is 0 Å². The number of rotatable bonds is 7. The van der Waals surface area contributed by atoms with Gasteiger partial charge in [0.1, 0.15) is 5.41 Å². The van der Waals surface area contributed by atoms with E-state index in [1.165, 1.54) is 0 Å². The van der Waals surface area contributed by atoms with Crippen LogP contribution in [0.5, 0.6) is 0 Å². The molecule has 0 radical (unpaired) electrons. The summed E-state index contributed by atoms with van der Waals surface area (Å²) in [5.41, 5.74) is 0.925. The zero-order valence-electron chi connectivity index (χ0n) is 14.5. The topological polar surface area (TPSA) is 61.4 Å². The molecular weight excluding hydrogens is 290 g/mol. The Kier molecular flexibility index (Phi) is 5.29. The van der Waals surface area contributed by atoms with E-state index < -0.39 is 5.41 Å². The number of hydrogen-bond donors (Lipinski definition) is 2. The second kappa shape index (κ2) is 7.02. The highest BCUT2D eigenvalue weighted by Crippen LogP contribution is 2.46. The van der Waals surface area contributed by atoms with Crippen molar-refractivity contribution in [3.8, 4) is 0 Å². The van der Waals surface area contributed by atoms with Crippen LogP contribution in [0.2, 0.25) is 0 Å². The molecule has 1 saturated carbocycles. The monoisotopic (exact) mass is 317 g/mol. The van der Waals surface area contributed by atoms with E-state index in [1.807, 2.05) is 43.3 Å². The van der Waals surface area contributed by atoms with Gasteiger partial charge in [-0.1, -0.05) is 13.8 Å². The van der Waals surface area contributed by atoms with Gasteiger partial charge < -0.3 is 15.5 Å². The predicted octanol–water partition coefficient (Wildman–Crippen LogP) is 2.63. The highest BCUT2D eigenvalue weighted by atomic mass is 16.2. The molecule has 0 saturated heterocycles. The van der Waals surface area contributed by atoms with Crippen molar-refractivity contribution in [1.82, 2.24) is 5.32 Å². The van der Waals surface area contributed by atoms with Crippen molar-refractivity contribution in [2.24, 2.45) is 11.3 Å². The Morgan fingerprint density at radius 1 is 1.13 bits per heavy atom. The molecule has 1 aliphatic carbocycles. The number of amides is 2. The summed E-state index contributed by atoms with van der Waals surface area (Å²) in [7, 11) is 3.93. The minimum atomic E-state index is -0.864. The predicted molar refractivity (Wildman–Crippen MR) is 93.5 cm³/mol.